The summed E-state index contributed by atoms with van der Waals surface area (Å²) in [6, 6.07) is 7.64. The van der Waals surface area contributed by atoms with Gasteiger partial charge in [0.1, 0.15) is 5.75 Å². The number of ether oxygens (including phenoxy) is 2. The Kier molecular flexibility index (Phi) is 5.21. The van der Waals surface area contributed by atoms with Gasteiger partial charge >= 0.3 is 5.97 Å². The number of hydrogen-bond donors (Lipinski definition) is 1. The van der Waals surface area contributed by atoms with E-state index in [1.54, 1.807) is 0 Å². The zero-order valence-corrected chi connectivity index (χ0v) is 11.4. The van der Waals surface area contributed by atoms with Crippen molar-refractivity contribution in [3.05, 3.63) is 29.8 Å². The molecule has 1 aliphatic rings. The summed E-state index contributed by atoms with van der Waals surface area (Å²) in [5.74, 6) is 1.24. The van der Waals surface area contributed by atoms with Crippen LogP contribution in [0.3, 0.4) is 0 Å². The van der Waals surface area contributed by atoms with Crippen molar-refractivity contribution in [2.24, 2.45) is 5.92 Å². The van der Waals surface area contributed by atoms with Crippen LogP contribution in [0.1, 0.15) is 18.4 Å². The highest BCUT2D eigenvalue weighted by Gasteiger charge is 2.13. The van der Waals surface area contributed by atoms with Gasteiger partial charge in [0.2, 0.25) is 0 Å². The second-order valence-electron chi connectivity index (χ2n) is 4.92. The van der Waals surface area contributed by atoms with Crippen molar-refractivity contribution >= 4 is 5.97 Å². The predicted octanol–water partition coefficient (Wildman–Crippen LogP) is 1.78. The van der Waals surface area contributed by atoms with Crippen LogP contribution in [0.2, 0.25) is 0 Å². The minimum absolute atomic E-state index is 0.220. The molecular formula is C15H21NO3. The van der Waals surface area contributed by atoms with Gasteiger partial charge in [0.25, 0.3) is 0 Å². The Bertz CT molecular complexity index is 396. The molecule has 1 heterocycles. The van der Waals surface area contributed by atoms with Gasteiger partial charge in [0.05, 0.1) is 20.1 Å². The van der Waals surface area contributed by atoms with Crippen molar-refractivity contribution in [3.8, 4) is 5.75 Å². The Labute approximate surface area is 114 Å². The molecule has 1 aliphatic heterocycles. The molecule has 1 aromatic rings. The molecule has 2 rings (SSSR count). The Hall–Kier alpha value is -1.55. The number of carbonyl (C=O) groups is 1. The molecule has 0 saturated carbocycles. The topological polar surface area (TPSA) is 47.6 Å². The van der Waals surface area contributed by atoms with Gasteiger partial charge in [0, 0.05) is 12.5 Å². The van der Waals surface area contributed by atoms with Crippen LogP contribution in [0.25, 0.3) is 0 Å². The summed E-state index contributed by atoms with van der Waals surface area (Å²) in [7, 11) is 1.40. The van der Waals surface area contributed by atoms with Crippen LogP contribution in [0.5, 0.6) is 5.75 Å². The lowest BCUT2D eigenvalue weighted by molar-refractivity contribution is -0.139. The number of carbonyl (C=O) groups excluding carboxylic acids is 1. The average Bonchev–Trinajstić information content (AvgIpc) is 2.47. The summed E-state index contributed by atoms with van der Waals surface area (Å²) < 4.78 is 10.4. The number of rotatable bonds is 5. The van der Waals surface area contributed by atoms with E-state index in [4.69, 9.17) is 4.74 Å². The first-order valence-electron chi connectivity index (χ1n) is 6.77. The fourth-order valence-corrected chi connectivity index (χ4v) is 2.22. The number of methoxy groups -OCH3 is 1. The van der Waals surface area contributed by atoms with E-state index in [1.165, 1.54) is 20.0 Å². The minimum Gasteiger partial charge on any atom is -0.493 e. The molecule has 1 fully saturated rings. The molecule has 1 aromatic carbocycles. The average molecular weight is 263 g/mol. The number of hydrogen-bond acceptors (Lipinski definition) is 4. The van der Waals surface area contributed by atoms with E-state index in [2.05, 4.69) is 10.1 Å². The van der Waals surface area contributed by atoms with E-state index in [-0.39, 0.29) is 5.97 Å². The Morgan fingerprint density at radius 2 is 2.16 bits per heavy atom. The number of nitrogens with one attached hydrogen (secondary N) is 1. The van der Waals surface area contributed by atoms with Gasteiger partial charge in [-0.25, -0.2) is 0 Å². The maximum absolute atomic E-state index is 11.1. The van der Waals surface area contributed by atoms with Crippen molar-refractivity contribution in [2.75, 3.05) is 26.8 Å². The fourth-order valence-electron chi connectivity index (χ4n) is 2.22. The monoisotopic (exact) mass is 263 g/mol. The molecule has 0 unspecified atom stereocenters. The third-order valence-electron chi connectivity index (χ3n) is 3.38. The maximum Gasteiger partial charge on any atom is 0.309 e. The van der Waals surface area contributed by atoms with Crippen molar-refractivity contribution in [3.63, 3.8) is 0 Å². The van der Waals surface area contributed by atoms with Crippen LogP contribution in [0.15, 0.2) is 24.3 Å². The minimum atomic E-state index is -0.220. The Morgan fingerprint density at radius 1 is 1.37 bits per heavy atom. The summed E-state index contributed by atoms with van der Waals surface area (Å²) in [6.45, 7) is 2.92. The summed E-state index contributed by atoms with van der Waals surface area (Å²) in [6.07, 6.45) is 2.77. The van der Waals surface area contributed by atoms with Gasteiger partial charge in [0.15, 0.2) is 0 Å². The van der Waals surface area contributed by atoms with E-state index in [9.17, 15) is 4.79 Å². The lowest BCUT2D eigenvalue weighted by Crippen LogP contribution is -2.33. The maximum atomic E-state index is 11.1. The van der Waals surface area contributed by atoms with Crippen LogP contribution in [0, 0.1) is 5.92 Å². The number of benzene rings is 1. The lowest BCUT2D eigenvalue weighted by atomic mass is 10.0. The molecule has 19 heavy (non-hydrogen) atoms. The highest BCUT2D eigenvalue weighted by atomic mass is 16.5. The molecule has 4 heteroatoms. The summed E-state index contributed by atoms with van der Waals surface area (Å²) in [5.41, 5.74) is 0.943. The Morgan fingerprint density at radius 3 is 2.79 bits per heavy atom. The fraction of sp³-hybridized carbons (Fsp3) is 0.533. The first kappa shape index (κ1) is 13.9. The van der Waals surface area contributed by atoms with Crippen molar-refractivity contribution in [1.29, 1.82) is 0 Å². The second-order valence-corrected chi connectivity index (χ2v) is 4.92. The first-order valence-corrected chi connectivity index (χ1v) is 6.77. The number of piperidine rings is 1. The second kappa shape index (κ2) is 7.14. The SMILES string of the molecule is COC(=O)Cc1ccc(OC[C@@H]2CCCNC2)cc1. The van der Waals surface area contributed by atoms with E-state index >= 15 is 0 Å². The molecule has 4 nitrogen and oxygen atoms in total. The third kappa shape index (κ3) is 4.56. The highest BCUT2D eigenvalue weighted by Crippen LogP contribution is 2.16. The molecule has 0 amide bonds. The van der Waals surface area contributed by atoms with Gasteiger partial charge in [-0.15, -0.1) is 0 Å². The van der Waals surface area contributed by atoms with E-state index < -0.39 is 0 Å². The molecule has 1 atom stereocenters. The predicted molar refractivity (Wildman–Crippen MR) is 73.3 cm³/mol. The third-order valence-corrected chi connectivity index (χ3v) is 3.38. The smallest absolute Gasteiger partial charge is 0.309 e. The lowest BCUT2D eigenvalue weighted by Gasteiger charge is -2.22. The van der Waals surface area contributed by atoms with Crippen molar-refractivity contribution in [1.82, 2.24) is 5.32 Å². The molecule has 1 saturated heterocycles. The summed E-state index contributed by atoms with van der Waals surface area (Å²) >= 11 is 0. The van der Waals surface area contributed by atoms with Gasteiger partial charge in [-0.05, 0) is 37.1 Å². The molecule has 1 N–H and O–H groups in total. The largest absolute Gasteiger partial charge is 0.493 e. The van der Waals surface area contributed by atoms with Gasteiger partial charge in [-0.3, -0.25) is 4.79 Å². The summed E-state index contributed by atoms with van der Waals surface area (Å²) in [5, 5.41) is 3.38. The van der Waals surface area contributed by atoms with Gasteiger partial charge in [-0.2, -0.15) is 0 Å². The molecule has 104 valence electrons. The first-order chi connectivity index (χ1) is 9.28. The van der Waals surface area contributed by atoms with Crippen LogP contribution < -0.4 is 10.1 Å². The molecule has 0 aliphatic carbocycles. The molecule has 0 bridgehead atoms. The van der Waals surface area contributed by atoms with Crippen LogP contribution in [-0.2, 0) is 16.0 Å². The normalized spacial score (nSPS) is 18.9. The van der Waals surface area contributed by atoms with Crippen LogP contribution in [-0.4, -0.2) is 32.8 Å². The van der Waals surface area contributed by atoms with E-state index in [0.29, 0.717) is 12.3 Å². The quantitative estimate of drug-likeness (QED) is 0.823. The molecular weight excluding hydrogens is 242 g/mol. The van der Waals surface area contributed by atoms with Gasteiger partial charge < -0.3 is 14.8 Å². The van der Waals surface area contributed by atoms with Crippen molar-refractivity contribution in [2.45, 2.75) is 19.3 Å². The zero-order chi connectivity index (χ0) is 13.5. The number of esters is 1. The van der Waals surface area contributed by atoms with Gasteiger partial charge in [-0.1, -0.05) is 12.1 Å². The molecule has 0 aromatic heterocycles. The van der Waals surface area contributed by atoms with Crippen LogP contribution in [0.4, 0.5) is 0 Å². The molecule has 0 spiro atoms. The molecule has 0 radical (unpaired) electrons. The Balaban J connectivity index is 1.79. The zero-order valence-electron chi connectivity index (χ0n) is 11.4. The highest BCUT2D eigenvalue weighted by molar-refractivity contribution is 5.72. The summed E-state index contributed by atoms with van der Waals surface area (Å²) in [4.78, 5) is 11.1. The van der Waals surface area contributed by atoms with Crippen molar-refractivity contribution < 1.29 is 14.3 Å². The van der Waals surface area contributed by atoms with E-state index in [1.807, 2.05) is 24.3 Å². The van der Waals surface area contributed by atoms with Crippen LogP contribution >= 0.6 is 0 Å². The van der Waals surface area contributed by atoms with E-state index in [0.717, 1.165) is 31.0 Å². The standard InChI is InChI=1S/C15H21NO3/c1-18-15(17)9-12-4-6-14(7-5-12)19-11-13-3-2-8-16-10-13/h4-7,13,16H,2-3,8-11H2,1H3/t13-/m1/s1.